The molecule has 0 saturated carbocycles. The topological polar surface area (TPSA) is 30.5 Å². The van der Waals surface area contributed by atoms with Crippen molar-refractivity contribution in [3.05, 3.63) is 29.8 Å². The zero-order valence-corrected chi connectivity index (χ0v) is 12.6. The van der Waals surface area contributed by atoms with Crippen molar-refractivity contribution in [2.24, 2.45) is 0 Å². The van der Waals surface area contributed by atoms with Crippen molar-refractivity contribution in [1.29, 1.82) is 0 Å². The molecule has 0 aliphatic carbocycles. The van der Waals surface area contributed by atoms with Crippen LogP contribution in [0, 0.1) is 0 Å². The Kier molecular flexibility index (Phi) is 7.53. The zero-order chi connectivity index (χ0) is 14.1. The summed E-state index contributed by atoms with van der Waals surface area (Å²) >= 11 is 0. The molecule has 0 bridgehead atoms. The van der Waals surface area contributed by atoms with E-state index in [1.807, 2.05) is 12.1 Å². The molecular formula is C16H27NO2. The number of hydrogen-bond donors (Lipinski definition) is 1. The van der Waals surface area contributed by atoms with Gasteiger partial charge in [0.25, 0.3) is 0 Å². The van der Waals surface area contributed by atoms with Crippen LogP contribution in [0.1, 0.15) is 39.7 Å². The summed E-state index contributed by atoms with van der Waals surface area (Å²) in [5.74, 6) is 0.904. The number of nitrogens with one attached hydrogen (secondary N) is 1. The molecule has 0 aromatic heterocycles. The zero-order valence-electron chi connectivity index (χ0n) is 12.6. The minimum atomic E-state index is 0.313. The van der Waals surface area contributed by atoms with Crippen molar-refractivity contribution in [2.45, 2.75) is 52.8 Å². The molecule has 1 N–H and O–H groups in total. The van der Waals surface area contributed by atoms with Crippen molar-refractivity contribution in [3.8, 4) is 5.75 Å². The van der Waals surface area contributed by atoms with Gasteiger partial charge in [0, 0.05) is 12.6 Å². The molecule has 0 aliphatic heterocycles. The van der Waals surface area contributed by atoms with Crippen molar-refractivity contribution in [2.75, 3.05) is 13.2 Å². The van der Waals surface area contributed by atoms with Crippen LogP contribution in [0.2, 0.25) is 0 Å². The number of benzene rings is 1. The molecule has 0 amide bonds. The highest BCUT2D eigenvalue weighted by Crippen LogP contribution is 2.12. The molecule has 0 aliphatic rings. The highest BCUT2D eigenvalue weighted by Gasteiger charge is 1.99. The summed E-state index contributed by atoms with van der Waals surface area (Å²) in [6.45, 7) is 10.6. The van der Waals surface area contributed by atoms with Crippen LogP contribution in [-0.4, -0.2) is 25.4 Å². The molecule has 0 fully saturated rings. The van der Waals surface area contributed by atoms with Gasteiger partial charge in [-0.3, -0.25) is 0 Å². The molecule has 1 rings (SSSR count). The monoisotopic (exact) mass is 265 g/mol. The fourth-order valence-corrected chi connectivity index (χ4v) is 1.55. The third kappa shape index (κ3) is 7.19. The van der Waals surface area contributed by atoms with Gasteiger partial charge in [0.1, 0.15) is 12.4 Å². The summed E-state index contributed by atoms with van der Waals surface area (Å²) in [7, 11) is 0. The first-order chi connectivity index (χ1) is 9.11. The summed E-state index contributed by atoms with van der Waals surface area (Å²) in [5.41, 5.74) is 1.27. The molecule has 0 radical (unpaired) electrons. The first-order valence-electron chi connectivity index (χ1n) is 7.18. The Morgan fingerprint density at radius 2 is 1.74 bits per heavy atom. The molecule has 3 nitrogen and oxygen atoms in total. The summed E-state index contributed by atoms with van der Waals surface area (Å²) < 4.78 is 11.2. The fraction of sp³-hybridized carbons (Fsp3) is 0.625. The van der Waals surface area contributed by atoms with Gasteiger partial charge >= 0.3 is 0 Å². The first kappa shape index (κ1) is 16.0. The summed E-state index contributed by atoms with van der Waals surface area (Å²) in [4.78, 5) is 0. The number of hydrogen-bond acceptors (Lipinski definition) is 3. The van der Waals surface area contributed by atoms with Crippen molar-refractivity contribution >= 4 is 0 Å². The molecule has 1 aromatic carbocycles. The van der Waals surface area contributed by atoms with Gasteiger partial charge in [-0.15, -0.1) is 0 Å². The van der Waals surface area contributed by atoms with E-state index >= 15 is 0 Å². The van der Waals surface area contributed by atoms with Gasteiger partial charge in [-0.25, -0.2) is 0 Å². The summed E-state index contributed by atoms with van der Waals surface area (Å²) in [6, 6.07) is 8.73. The molecule has 3 heteroatoms. The van der Waals surface area contributed by atoms with E-state index in [2.05, 4.69) is 45.1 Å². The van der Waals surface area contributed by atoms with E-state index in [4.69, 9.17) is 9.47 Å². The highest BCUT2D eigenvalue weighted by molar-refractivity contribution is 5.27. The van der Waals surface area contributed by atoms with Gasteiger partial charge in [-0.05, 0) is 31.0 Å². The second-order valence-electron chi connectivity index (χ2n) is 5.12. The van der Waals surface area contributed by atoms with E-state index in [9.17, 15) is 0 Å². The molecule has 0 spiro atoms. The lowest BCUT2D eigenvalue weighted by Crippen LogP contribution is -2.21. The minimum Gasteiger partial charge on any atom is -0.491 e. The lowest BCUT2D eigenvalue weighted by molar-refractivity contribution is 0.0427. The number of ether oxygens (including phenoxy) is 2. The van der Waals surface area contributed by atoms with Gasteiger partial charge in [0.05, 0.1) is 12.7 Å². The Morgan fingerprint density at radius 1 is 1.05 bits per heavy atom. The van der Waals surface area contributed by atoms with Gasteiger partial charge in [-0.1, -0.05) is 32.9 Å². The predicted octanol–water partition coefficient (Wildman–Crippen LogP) is 3.38. The van der Waals surface area contributed by atoms with E-state index in [1.165, 1.54) is 5.56 Å². The first-order valence-corrected chi connectivity index (χ1v) is 7.18. The van der Waals surface area contributed by atoms with Crippen LogP contribution in [0.25, 0.3) is 0 Å². The maximum Gasteiger partial charge on any atom is 0.119 e. The Hall–Kier alpha value is -1.06. The maximum absolute atomic E-state index is 5.64. The summed E-state index contributed by atoms with van der Waals surface area (Å²) in [5, 5.41) is 3.39. The van der Waals surface area contributed by atoms with Crippen LogP contribution >= 0.6 is 0 Å². The van der Waals surface area contributed by atoms with E-state index in [0.717, 1.165) is 18.7 Å². The largest absolute Gasteiger partial charge is 0.491 e. The van der Waals surface area contributed by atoms with Crippen LogP contribution in [0.3, 0.4) is 0 Å². The normalized spacial score (nSPS) is 12.7. The standard InChI is InChI=1S/C16H27NO2/c1-5-14(4)18-10-11-19-16-8-6-15(7-9-16)12-17-13(2)3/h6-9,13-14,17H,5,10-12H2,1-4H3. The Bertz CT molecular complexity index is 335. The molecule has 1 atom stereocenters. The van der Waals surface area contributed by atoms with Crippen LogP contribution in [-0.2, 0) is 11.3 Å². The van der Waals surface area contributed by atoms with Gasteiger partial charge < -0.3 is 14.8 Å². The molecule has 1 aromatic rings. The Morgan fingerprint density at radius 3 is 2.32 bits per heavy atom. The predicted molar refractivity (Wildman–Crippen MR) is 79.6 cm³/mol. The SMILES string of the molecule is CCC(C)OCCOc1ccc(CNC(C)C)cc1. The molecule has 1 unspecified atom stereocenters. The Labute approximate surface area is 117 Å². The summed E-state index contributed by atoms with van der Waals surface area (Å²) in [6.07, 6.45) is 1.35. The van der Waals surface area contributed by atoms with Gasteiger partial charge in [0.15, 0.2) is 0 Å². The van der Waals surface area contributed by atoms with Crippen LogP contribution in [0.4, 0.5) is 0 Å². The third-order valence-corrected chi connectivity index (χ3v) is 2.97. The van der Waals surface area contributed by atoms with E-state index in [1.54, 1.807) is 0 Å². The molecular weight excluding hydrogens is 238 g/mol. The molecule has 108 valence electrons. The highest BCUT2D eigenvalue weighted by atomic mass is 16.5. The lowest BCUT2D eigenvalue weighted by Gasteiger charge is -2.12. The number of rotatable bonds is 9. The van der Waals surface area contributed by atoms with Crippen molar-refractivity contribution < 1.29 is 9.47 Å². The average Bonchev–Trinajstić information content (AvgIpc) is 2.42. The van der Waals surface area contributed by atoms with Crippen molar-refractivity contribution in [3.63, 3.8) is 0 Å². The quantitative estimate of drug-likeness (QED) is 0.694. The van der Waals surface area contributed by atoms with E-state index in [-0.39, 0.29) is 0 Å². The minimum absolute atomic E-state index is 0.313. The van der Waals surface area contributed by atoms with E-state index in [0.29, 0.717) is 25.4 Å². The molecule has 19 heavy (non-hydrogen) atoms. The van der Waals surface area contributed by atoms with Crippen LogP contribution in [0.15, 0.2) is 24.3 Å². The van der Waals surface area contributed by atoms with Crippen molar-refractivity contribution in [1.82, 2.24) is 5.32 Å². The molecule has 0 saturated heterocycles. The smallest absolute Gasteiger partial charge is 0.119 e. The van der Waals surface area contributed by atoms with Gasteiger partial charge in [-0.2, -0.15) is 0 Å². The fourth-order valence-electron chi connectivity index (χ4n) is 1.55. The maximum atomic E-state index is 5.64. The average molecular weight is 265 g/mol. The molecule has 0 heterocycles. The second kappa shape index (κ2) is 8.94. The van der Waals surface area contributed by atoms with Crippen LogP contribution in [0.5, 0.6) is 5.75 Å². The van der Waals surface area contributed by atoms with E-state index < -0.39 is 0 Å². The Balaban J connectivity index is 2.24. The third-order valence-electron chi connectivity index (χ3n) is 2.97. The second-order valence-corrected chi connectivity index (χ2v) is 5.12. The van der Waals surface area contributed by atoms with Gasteiger partial charge in [0.2, 0.25) is 0 Å². The van der Waals surface area contributed by atoms with Crippen LogP contribution < -0.4 is 10.1 Å². The lowest BCUT2D eigenvalue weighted by atomic mass is 10.2.